The second-order valence-electron chi connectivity index (χ2n) is 7.16. The number of non-ortho nitro benzene ring substituents is 1. The second-order valence-corrected chi connectivity index (χ2v) is 7.16. The molecule has 4 rings (SSSR count). The van der Waals surface area contributed by atoms with Gasteiger partial charge in [-0.05, 0) is 37.6 Å². The molecule has 0 saturated carbocycles. The summed E-state index contributed by atoms with van der Waals surface area (Å²) in [7, 11) is 1.53. The van der Waals surface area contributed by atoms with E-state index in [1.807, 2.05) is 12.1 Å². The zero-order valence-corrected chi connectivity index (χ0v) is 18.2. The maximum Gasteiger partial charge on any atom is 0.515 e. The molecule has 10 nitrogen and oxygen atoms in total. The van der Waals surface area contributed by atoms with Crippen molar-refractivity contribution < 1.29 is 28.7 Å². The number of nitrogens with one attached hydrogen (secondary N) is 1. The molecular formula is C23H21N3O7. The maximum absolute atomic E-state index is 11.9. The summed E-state index contributed by atoms with van der Waals surface area (Å²) in [6.45, 7) is 3.71. The largest absolute Gasteiger partial charge is 0.515 e. The number of carbonyl (C=O) groups is 1. The second kappa shape index (κ2) is 9.13. The molecule has 2 aromatic carbocycles. The van der Waals surface area contributed by atoms with Crippen molar-refractivity contribution in [2.75, 3.05) is 13.7 Å². The monoisotopic (exact) mass is 451 g/mol. The summed E-state index contributed by atoms with van der Waals surface area (Å²) in [5.41, 5.74) is 2.62. The van der Waals surface area contributed by atoms with Crippen LogP contribution >= 0.6 is 0 Å². The summed E-state index contributed by atoms with van der Waals surface area (Å²) in [5, 5.41) is 12.5. The van der Waals surface area contributed by atoms with Gasteiger partial charge in [0.15, 0.2) is 0 Å². The Kier molecular flexibility index (Phi) is 6.09. The molecular weight excluding hydrogens is 430 g/mol. The number of pyridine rings is 1. The van der Waals surface area contributed by atoms with Gasteiger partial charge in [0.05, 0.1) is 46.3 Å². The van der Waals surface area contributed by atoms with Crippen LogP contribution < -0.4 is 9.47 Å². The number of nitrogens with zero attached hydrogens (tertiary/aromatic N) is 2. The van der Waals surface area contributed by atoms with Crippen LogP contribution in [0, 0.1) is 17.0 Å². The van der Waals surface area contributed by atoms with Gasteiger partial charge in [-0.15, -0.1) is 0 Å². The molecule has 0 saturated heterocycles. The lowest BCUT2D eigenvalue weighted by Crippen LogP contribution is -2.12. The molecule has 0 fully saturated rings. The van der Waals surface area contributed by atoms with Crippen molar-refractivity contribution in [2.24, 2.45) is 0 Å². The van der Waals surface area contributed by atoms with Crippen molar-refractivity contribution >= 4 is 33.6 Å². The van der Waals surface area contributed by atoms with Crippen LogP contribution in [0.5, 0.6) is 17.4 Å². The Morgan fingerprint density at radius 3 is 2.67 bits per heavy atom. The first kappa shape index (κ1) is 22.0. The fourth-order valence-corrected chi connectivity index (χ4v) is 3.61. The third-order valence-electron chi connectivity index (χ3n) is 5.01. The minimum Gasteiger partial charge on any atom is -0.456 e. The molecule has 170 valence electrons. The van der Waals surface area contributed by atoms with Crippen molar-refractivity contribution in [2.45, 2.75) is 20.5 Å². The van der Waals surface area contributed by atoms with Crippen molar-refractivity contribution in [3.8, 4) is 17.4 Å². The minimum atomic E-state index is -0.862. The fraction of sp³-hybridized carbons (Fsp3) is 0.217. The van der Waals surface area contributed by atoms with Gasteiger partial charge in [0.2, 0.25) is 5.88 Å². The number of hydrogen-bond donors (Lipinski definition) is 1. The van der Waals surface area contributed by atoms with E-state index in [4.69, 9.17) is 18.9 Å². The van der Waals surface area contributed by atoms with Crippen molar-refractivity contribution in [1.29, 1.82) is 0 Å². The Morgan fingerprint density at radius 2 is 1.97 bits per heavy atom. The number of methoxy groups -OCH3 is 1. The Balaban J connectivity index is 1.87. The molecule has 1 N–H and O–H groups in total. The molecule has 0 amide bonds. The lowest BCUT2D eigenvalue weighted by Gasteiger charge is -2.12. The normalized spacial score (nSPS) is 11.0. The number of nitro groups is 1. The third kappa shape index (κ3) is 4.28. The van der Waals surface area contributed by atoms with E-state index < -0.39 is 11.1 Å². The highest BCUT2D eigenvalue weighted by molar-refractivity contribution is 6.12. The van der Waals surface area contributed by atoms with Gasteiger partial charge in [0, 0.05) is 24.6 Å². The average molecular weight is 451 g/mol. The number of hydrogen-bond acceptors (Lipinski definition) is 8. The number of rotatable bonds is 7. The predicted octanol–water partition coefficient (Wildman–Crippen LogP) is 5.41. The van der Waals surface area contributed by atoms with Crippen LogP contribution in [0.2, 0.25) is 0 Å². The van der Waals surface area contributed by atoms with Gasteiger partial charge in [-0.2, -0.15) is 0 Å². The standard InChI is InChI=1S/C23H21N3O7/c1-4-31-23(27)33-22-15(12-30-3)20-17(11-24-22)25-16-6-5-7-19(21(16)20)32-18-9-8-14(26(28)29)10-13(18)2/h5-11,25H,4,12H2,1-3H3. The highest BCUT2D eigenvalue weighted by Crippen LogP contribution is 2.40. The van der Waals surface area contributed by atoms with Gasteiger partial charge < -0.3 is 23.9 Å². The fourth-order valence-electron chi connectivity index (χ4n) is 3.61. The molecule has 33 heavy (non-hydrogen) atoms. The van der Waals surface area contributed by atoms with E-state index >= 15 is 0 Å². The molecule has 0 bridgehead atoms. The molecule has 2 aromatic heterocycles. The number of ether oxygens (including phenoxy) is 4. The van der Waals surface area contributed by atoms with Crippen LogP contribution in [0.3, 0.4) is 0 Å². The highest BCUT2D eigenvalue weighted by atomic mass is 16.7. The molecule has 4 aromatic rings. The third-order valence-corrected chi connectivity index (χ3v) is 5.01. The Bertz CT molecular complexity index is 1360. The molecule has 0 aliphatic carbocycles. The summed E-state index contributed by atoms with van der Waals surface area (Å²) in [5.74, 6) is 1.07. The van der Waals surface area contributed by atoms with E-state index in [2.05, 4.69) is 9.97 Å². The Hall–Kier alpha value is -4.18. The molecule has 0 aliphatic rings. The van der Waals surface area contributed by atoms with Crippen molar-refractivity contribution in [1.82, 2.24) is 9.97 Å². The summed E-state index contributed by atoms with van der Waals surface area (Å²) in [4.78, 5) is 30.1. The summed E-state index contributed by atoms with van der Waals surface area (Å²) in [6, 6.07) is 9.91. The lowest BCUT2D eigenvalue weighted by atomic mass is 10.1. The van der Waals surface area contributed by atoms with Gasteiger partial charge in [0.1, 0.15) is 11.5 Å². The van der Waals surface area contributed by atoms with Gasteiger partial charge in [-0.3, -0.25) is 10.1 Å². The van der Waals surface area contributed by atoms with E-state index in [0.717, 1.165) is 16.3 Å². The Morgan fingerprint density at radius 1 is 1.15 bits per heavy atom. The van der Waals surface area contributed by atoms with E-state index in [1.165, 1.54) is 19.2 Å². The zero-order valence-electron chi connectivity index (χ0n) is 18.2. The first-order chi connectivity index (χ1) is 15.9. The minimum absolute atomic E-state index is 0.0145. The van der Waals surface area contributed by atoms with Crippen LogP contribution in [-0.2, 0) is 16.1 Å². The number of H-pyrrole nitrogens is 1. The number of aryl methyl sites for hydroxylation is 1. The van der Waals surface area contributed by atoms with Crippen molar-refractivity contribution in [3.63, 3.8) is 0 Å². The van der Waals surface area contributed by atoms with Crippen LogP contribution in [0.4, 0.5) is 10.5 Å². The van der Waals surface area contributed by atoms with Gasteiger partial charge in [-0.25, -0.2) is 9.78 Å². The van der Waals surface area contributed by atoms with E-state index in [-0.39, 0.29) is 24.8 Å². The Labute approximate surface area is 188 Å². The number of benzene rings is 2. The van der Waals surface area contributed by atoms with E-state index in [9.17, 15) is 14.9 Å². The summed E-state index contributed by atoms with van der Waals surface area (Å²) in [6.07, 6.45) is 0.698. The quantitative estimate of drug-likeness (QED) is 0.225. The molecule has 10 heteroatoms. The molecule has 0 spiro atoms. The SMILES string of the molecule is CCOC(=O)Oc1ncc2[nH]c3cccc(Oc4ccc([N+](=O)[O-])cc4C)c3c2c1COC. The van der Waals surface area contributed by atoms with E-state index in [1.54, 1.807) is 32.2 Å². The predicted molar refractivity (Wildman–Crippen MR) is 120 cm³/mol. The first-order valence-electron chi connectivity index (χ1n) is 10.1. The summed E-state index contributed by atoms with van der Waals surface area (Å²) >= 11 is 0. The first-order valence-corrected chi connectivity index (χ1v) is 10.1. The average Bonchev–Trinajstić information content (AvgIpc) is 3.16. The summed E-state index contributed by atoms with van der Waals surface area (Å²) < 4.78 is 21.7. The molecule has 2 heterocycles. The van der Waals surface area contributed by atoms with E-state index in [0.29, 0.717) is 28.1 Å². The number of nitro benzene ring substituents is 1. The molecule has 0 aliphatic heterocycles. The van der Waals surface area contributed by atoms with Gasteiger partial charge in [0.25, 0.3) is 5.69 Å². The van der Waals surface area contributed by atoms with Crippen molar-refractivity contribution in [3.05, 3.63) is 63.8 Å². The number of fused-ring (bicyclic) bond motifs is 3. The molecule has 0 atom stereocenters. The van der Waals surface area contributed by atoms with Gasteiger partial charge >= 0.3 is 6.16 Å². The van der Waals surface area contributed by atoms with Crippen LogP contribution in [0.1, 0.15) is 18.1 Å². The van der Waals surface area contributed by atoms with Crippen LogP contribution in [-0.4, -0.2) is 34.8 Å². The molecule has 0 radical (unpaired) electrons. The number of aromatic amines is 1. The van der Waals surface area contributed by atoms with Gasteiger partial charge in [-0.1, -0.05) is 6.07 Å². The topological polar surface area (TPSA) is 126 Å². The zero-order chi connectivity index (χ0) is 23.5. The number of carbonyl (C=O) groups excluding carboxylic acids is 1. The van der Waals surface area contributed by atoms with Crippen LogP contribution in [0.15, 0.2) is 42.6 Å². The maximum atomic E-state index is 11.9. The molecule has 0 unspecified atom stereocenters. The van der Waals surface area contributed by atoms with Crippen LogP contribution in [0.25, 0.3) is 21.8 Å². The smallest absolute Gasteiger partial charge is 0.456 e. The number of aromatic nitrogens is 2. The lowest BCUT2D eigenvalue weighted by molar-refractivity contribution is -0.384. The highest BCUT2D eigenvalue weighted by Gasteiger charge is 2.21.